The summed E-state index contributed by atoms with van der Waals surface area (Å²) in [5.41, 5.74) is 5.20. The van der Waals surface area contributed by atoms with Gasteiger partial charge < -0.3 is 4.74 Å². The normalized spacial score (nSPS) is 24.2. The van der Waals surface area contributed by atoms with Gasteiger partial charge >= 0.3 is 5.97 Å². The molecular formula is C26H31NO2. The van der Waals surface area contributed by atoms with E-state index in [1.807, 2.05) is 19.9 Å². The molecule has 2 bridgehead atoms. The third kappa shape index (κ3) is 4.45. The second-order valence-electron chi connectivity index (χ2n) is 8.67. The molecule has 0 amide bonds. The minimum atomic E-state index is -0.151. The van der Waals surface area contributed by atoms with E-state index in [1.165, 1.54) is 24.0 Å². The monoisotopic (exact) mass is 389 g/mol. The second-order valence-corrected chi connectivity index (χ2v) is 8.67. The number of nitrogens with zero attached hydrogens (tertiary/aromatic N) is 1. The van der Waals surface area contributed by atoms with Crippen molar-refractivity contribution in [3.63, 3.8) is 0 Å². The van der Waals surface area contributed by atoms with Crippen molar-refractivity contribution in [2.24, 2.45) is 0 Å². The van der Waals surface area contributed by atoms with Crippen LogP contribution in [0.25, 0.3) is 6.08 Å². The van der Waals surface area contributed by atoms with Crippen LogP contribution in [0, 0.1) is 20.8 Å². The molecule has 152 valence electrons. The van der Waals surface area contributed by atoms with Gasteiger partial charge in [0.1, 0.15) is 6.10 Å². The van der Waals surface area contributed by atoms with Crippen molar-refractivity contribution >= 4 is 12.0 Å². The van der Waals surface area contributed by atoms with E-state index in [2.05, 4.69) is 60.4 Å². The van der Waals surface area contributed by atoms with E-state index in [1.54, 1.807) is 0 Å². The standard InChI is InChI=1S/C26H31NO2/c1-18-14-19(2)25(20(3)15-18)26(28)29-24-16-22-11-12-23(17-24)27(22)13-7-10-21-8-5-4-6-9-21/h4-10,14-15,22-24H,11-13,16-17H2,1-3H3/b10-7+/t22-,23+,24?. The smallest absolute Gasteiger partial charge is 0.338 e. The predicted molar refractivity (Wildman–Crippen MR) is 118 cm³/mol. The summed E-state index contributed by atoms with van der Waals surface area (Å²) in [7, 11) is 0. The molecule has 1 unspecified atom stereocenters. The maximum absolute atomic E-state index is 12.9. The minimum Gasteiger partial charge on any atom is -0.459 e. The van der Waals surface area contributed by atoms with Gasteiger partial charge in [0.25, 0.3) is 0 Å². The van der Waals surface area contributed by atoms with Gasteiger partial charge in [0.05, 0.1) is 5.56 Å². The van der Waals surface area contributed by atoms with Crippen LogP contribution in [0.2, 0.25) is 0 Å². The largest absolute Gasteiger partial charge is 0.459 e. The summed E-state index contributed by atoms with van der Waals surface area (Å²) in [5, 5.41) is 0. The number of carbonyl (C=O) groups is 1. The molecule has 2 aliphatic heterocycles. The Bertz CT molecular complexity index is 865. The van der Waals surface area contributed by atoms with Crippen LogP contribution in [0.5, 0.6) is 0 Å². The number of fused-ring (bicyclic) bond motifs is 2. The second kappa shape index (κ2) is 8.54. The predicted octanol–water partition coefficient (Wildman–Crippen LogP) is 5.48. The highest BCUT2D eigenvalue weighted by Crippen LogP contribution is 2.37. The van der Waals surface area contributed by atoms with Gasteiger partial charge in [0, 0.05) is 31.5 Å². The molecule has 2 saturated heterocycles. The van der Waals surface area contributed by atoms with E-state index in [-0.39, 0.29) is 12.1 Å². The van der Waals surface area contributed by atoms with Crippen molar-refractivity contribution in [2.75, 3.05) is 6.54 Å². The molecule has 3 heteroatoms. The zero-order chi connectivity index (χ0) is 20.4. The molecule has 2 aliphatic rings. The molecule has 0 saturated carbocycles. The third-order valence-electron chi connectivity index (χ3n) is 6.42. The molecular weight excluding hydrogens is 358 g/mol. The van der Waals surface area contributed by atoms with Crippen LogP contribution in [0.1, 0.15) is 58.3 Å². The van der Waals surface area contributed by atoms with Gasteiger partial charge in [-0.3, -0.25) is 4.90 Å². The summed E-state index contributed by atoms with van der Waals surface area (Å²) >= 11 is 0. The molecule has 2 aromatic carbocycles. The van der Waals surface area contributed by atoms with Gasteiger partial charge in [-0.1, -0.05) is 60.2 Å². The maximum atomic E-state index is 12.9. The first kappa shape index (κ1) is 19.9. The number of piperidine rings is 1. The number of hydrogen-bond acceptors (Lipinski definition) is 3. The van der Waals surface area contributed by atoms with E-state index in [9.17, 15) is 4.79 Å². The molecule has 3 nitrogen and oxygen atoms in total. The van der Waals surface area contributed by atoms with Crippen LogP contribution in [0.15, 0.2) is 48.5 Å². The van der Waals surface area contributed by atoms with E-state index < -0.39 is 0 Å². The SMILES string of the molecule is Cc1cc(C)c(C(=O)OC2C[C@H]3CC[C@@H](C2)N3C/C=C/c2ccccc2)c(C)c1. The number of esters is 1. The van der Waals surface area contributed by atoms with E-state index in [4.69, 9.17) is 4.74 Å². The van der Waals surface area contributed by atoms with Gasteiger partial charge in [-0.25, -0.2) is 4.79 Å². The fourth-order valence-corrected chi connectivity index (χ4v) is 5.21. The Balaban J connectivity index is 1.37. The molecule has 3 atom stereocenters. The lowest BCUT2D eigenvalue weighted by Gasteiger charge is -2.38. The van der Waals surface area contributed by atoms with Gasteiger partial charge in [-0.05, 0) is 50.3 Å². The maximum Gasteiger partial charge on any atom is 0.338 e. The number of rotatable bonds is 5. The Morgan fingerprint density at radius 1 is 1.03 bits per heavy atom. The van der Waals surface area contributed by atoms with Crippen LogP contribution < -0.4 is 0 Å². The van der Waals surface area contributed by atoms with Crippen molar-refractivity contribution in [3.8, 4) is 0 Å². The fourth-order valence-electron chi connectivity index (χ4n) is 5.21. The lowest BCUT2D eigenvalue weighted by atomic mass is 9.98. The van der Waals surface area contributed by atoms with Gasteiger partial charge in [0.2, 0.25) is 0 Å². The number of carbonyl (C=O) groups excluding carboxylic acids is 1. The number of aryl methyl sites for hydroxylation is 3. The summed E-state index contributed by atoms with van der Waals surface area (Å²) < 4.78 is 6.00. The average molecular weight is 390 g/mol. The molecule has 4 rings (SSSR count). The number of hydrogen-bond donors (Lipinski definition) is 0. The Morgan fingerprint density at radius 2 is 1.66 bits per heavy atom. The fraction of sp³-hybridized carbons (Fsp3) is 0.423. The molecule has 0 aliphatic carbocycles. The lowest BCUT2D eigenvalue weighted by molar-refractivity contribution is -0.00354. The first-order valence-electron chi connectivity index (χ1n) is 10.8. The quantitative estimate of drug-likeness (QED) is 0.635. The molecule has 29 heavy (non-hydrogen) atoms. The Kier molecular flexibility index (Phi) is 5.86. The zero-order valence-corrected chi connectivity index (χ0v) is 17.7. The summed E-state index contributed by atoms with van der Waals surface area (Å²) in [5.74, 6) is -0.151. The lowest BCUT2D eigenvalue weighted by Crippen LogP contribution is -2.45. The Hall–Kier alpha value is -2.39. The summed E-state index contributed by atoms with van der Waals surface area (Å²) in [6, 6.07) is 15.6. The summed E-state index contributed by atoms with van der Waals surface area (Å²) in [6.45, 7) is 7.04. The van der Waals surface area contributed by atoms with Crippen LogP contribution in [0.3, 0.4) is 0 Å². The van der Waals surface area contributed by atoms with Crippen LogP contribution in [-0.2, 0) is 4.74 Å². The van der Waals surface area contributed by atoms with E-state index in [0.717, 1.165) is 36.1 Å². The molecule has 0 spiro atoms. The summed E-state index contributed by atoms with van der Waals surface area (Å²) in [4.78, 5) is 15.5. The Morgan fingerprint density at radius 3 is 2.28 bits per heavy atom. The average Bonchev–Trinajstić information content (AvgIpc) is 2.91. The first-order valence-corrected chi connectivity index (χ1v) is 10.8. The highest BCUT2D eigenvalue weighted by Gasteiger charge is 2.41. The van der Waals surface area contributed by atoms with Crippen molar-refractivity contribution in [3.05, 3.63) is 76.4 Å². The van der Waals surface area contributed by atoms with Crippen LogP contribution >= 0.6 is 0 Å². The highest BCUT2D eigenvalue weighted by atomic mass is 16.5. The Labute approximate surface area is 174 Å². The molecule has 0 aromatic heterocycles. The molecule has 0 radical (unpaired) electrons. The van der Waals surface area contributed by atoms with Crippen molar-refractivity contribution in [1.29, 1.82) is 0 Å². The molecule has 2 heterocycles. The summed E-state index contributed by atoms with van der Waals surface area (Å²) in [6.07, 6.45) is 8.83. The topological polar surface area (TPSA) is 29.5 Å². The highest BCUT2D eigenvalue weighted by molar-refractivity contribution is 5.92. The first-order chi connectivity index (χ1) is 14.0. The van der Waals surface area contributed by atoms with E-state index >= 15 is 0 Å². The molecule has 2 aromatic rings. The molecule has 2 fully saturated rings. The van der Waals surface area contributed by atoms with Crippen molar-refractivity contribution in [1.82, 2.24) is 4.90 Å². The number of benzene rings is 2. The van der Waals surface area contributed by atoms with Crippen molar-refractivity contribution < 1.29 is 9.53 Å². The number of ether oxygens (including phenoxy) is 1. The van der Waals surface area contributed by atoms with Gasteiger partial charge in [-0.2, -0.15) is 0 Å². The minimum absolute atomic E-state index is 0.0365. The van der Waals surface area contributed by atoms with Gasteiger partial charge in [-0.15, -0.1) is 0 Å². The van der Waals surface area contributed by atoms with Crippen LogP contribution in [-0.4, -0.2) is 35.6 Å². The molecule has 0 N–H and O–H groups in total. The van der Waals surface area contributed by atoms with Crippen molar-refractivity contribution in [2.45, 2.75) is 64.6 Å². The van der Waals surface area contributed by atoms with Crippen LogP contribution in [0.4, 0.5) is 0 Å². The van der Waals surface area contributed by atoms with Gasteiger partial charge in [0.15, 0.2) is 0 Å². The van der Waals surface area contributed by atoms with E-state index in [0.29, 0.717) is 12.1 Å². The third-order valence-corrected chi connectivity index (χ3v) is 6.42. The zero-order valence-electron chi connectivity index (χ0n) is 17.7.